The minimum absolute atomic E-state index is 0.0847. The van der Waals surface area contributed by atoms with Gasteiger partial charge in [0, 0.05) is 26.2 Å². The second-order valence-corrected chi connectivity index (χ2v) is 5.75. The number of hydrogen-bond donors (Lipinski definition) is 0. The Morgan fingerprint density at radius 2 is 1.87 bits per heavy atom. The van der Waals surface area contributed by atoms with Crippen molar-refractivity contribution in [2.75, 3.05) is 26.2 Å². The molecule has 0 radical (unpaired) electrons. The molecule has 1 aromatic carbocycles. The van der Waals surface area contributed by atoms with Gasteiger partial charge >= 0.3 is 0 Å². The molecule has 0 bridgehead atoms. The highest BCUT2D eigenvalue weighted by atomic mass is 16.3. The monoisotopic (exact) mass is 309 g/mol. The van der Waals surface area contributed by atoms with Crippen molar-refractivity contribution in [3.05, 3.63) is 59.5 Å². The predicted octanol–water partition coefficient (Wildman–Crippen LogP) is 2.61. The summed E-state index contributed by atoms with van der Waals surface area (Å²) in [5.41, 5.74) is 2.18. The SMILES string of the molecule is Cc1ccc(C(C#N)N2CCN(C(=O)c3ccco3)CC2)cc1. The first kappa shape index (κ1) is 15.3. The molecule has 1 amide bonds. The van der Waals surface area contributed by atoms with Gasteiger partial charge in [-0.2, -0.15) is 5.26 Å². The van der Waals surface area contributed by atoms with Crippen LogP contribution < -0.4 is 0 Å². The molecular formula is C18H19N3O2. The molecule has 2 aromatic rings. The van der Waals surface area contributed by atoms with Crippen LogP contribution in [-0.2, 0) is 0 Å². The van der Waals surface area contributed by atoms with E-state index >= 15 is 0 Å². The third kappa shape index (κ3) is 3.27. The van der Waals surface area contributed by atoms with E-state index in [4.69, 9.17) is 4.42 Å². The molecule has 1 aliphatic rings. The fourth-order valence-corrected chi connectivity index (χ4v) is 2.86. The molecule has 0 aliphatic carbocycles. The van der Waals surface area contributed by atoms with E-state index in [0.717, 1.165) is 5.56 Å². The molecule has 1 aromatic heterocycles. The minimum atomic E-state index is -0.267. The van der Waals surface area contributed by atoms with E-state index in [9.17, 15) is 10.1 Å². The summed E-state index contributed by atoms with van der Waals surface area (Å²) in [4.78, 5) is 16.2. The number of nitrogens with zero attached hydrogens (tertiary/aromatic N) is 3. The van der Waals surface area contributed by atoms with Crippen LogP contribution in [0.4, 0.5) is 0 Å². The zero-order valence-corrected chi connectivity index (χ0v) is 13.1. The molecule has 2 heterocycles. The molecule has 0 saturated carbocycles. The maximum atomic E-state index is 12.3. The highest BCUT2D eigenvalue weighted by Gasteiger charge is 2.28. The van der Waals surface area contributed by atoms with Crippen LogP contribution in [-0.4, -0.2) is 41.9 Å². The molecule has 118 valence electrons. The van der Waals surface area contributed by atoms with Gasteiger partial charge in [-0.15, -0.1) is 0 Å². The summed E-state index contributed by atoms with van der Waals surface area (Å²) in [5.74, 6) is 0.285. The summed E-state index contributed by atoms with van der Waals surface area (Å²) < 4.78 is 5.17. The number of rotatable bonds is 3. The fourth-order valence-electron chi connectivity index (χ4n) is 2.86. The van der Waals surface area contributed by atoms with Crippen LogP contribution in [0, 0.1) is 18.3 Å². The van der Waals surface area contributed by atoms with Gasteiger partial charge in [-0.1, -0.05) is 29.8 Å². The lowest BCUT2D eigenvalue weighted by Crippen LogP contribution is -2.49. The van der Waals surface area contributed by atoms with Gasteiger partial charge in [-0.05, 0) is 24.6 Å². The molecule has 0 spiro atoms. The van der Waals surface area contributed by atoms with Crippen LogP contribution in [0.3, 0.4) is 0 Å². The van der Waals surface area contributed by atoms with E-state index in [-0.39, 0.29) is 11.9 Å². The number of carbonyl (C=O) groups excluding carboxylic acids is 1. The molecule has 1 saturated heterocycles. The first-order valence-corrected chi connectivity index (χ1v) is 7.72. The Morgan fingerprint density at radius 1 is 1.17 bits per heavy atom. The van der Waals surface area contributed by atoms with Gasteiger partial charge in [0.05, 0.1) is 12.3 Å². The van der Waals surface area contributed by atoms with Crippen molar-refractivity contribution in [3.63, 3.8) is 0 Å². The van der Waals surface area contributed by atoms with Crippen LogP contribution in [0.5, 0.6) is 0 Å². The molecule has 0 N–H and O–H groups in total. The lowest BCUT2D eigenvalue weighted by atomic mass is 10.0. The highest BCUT2D eigenvalue weighted by Crippen LogP contribution is 2.22. The van der Waals surface area contributed by atoms with E-state index < -0.39 is 0 Å². The number of carbonyl (C=O) groups is 1. The fraction of sp³-hybridized carbons (Fsp3) is 0.333. The van der Waals surface area contributed by atoms with E-state index in [1.54, 1.807) is 17.0 Å². The van der Waals surface area contributed by atoms with Crippen LogP contribution >= 0.6 is 0 Å². The van der Waals surface area contributed by atoms with Crippen molar-refractivity contribution in [1.82, 2.24) is 9.80 Å². The smallest absolute Gasteiger partial charge is 0.289 e. The van der Waals surface area contributed by atoms with Gasteiger partial charge in [-0.3, -0.25) is 9.69 Å². The van der Waals surface area contributed by atoms with Crippen molar-refractivity contribution >= 4 is 5.91 Å². The summed E-state index contributed by atoms with van der Waals surface area (Å²) in [7, 11) is 0. The molecule has 5 nitrogen and oxygen atoms in total. The van der Waals surface area contributed by atoms with E-state index in [1.807, 2.05) is 31.2 Å². The van der Waals surface area contributed by atoms with Crippen LogP contribution in [0.1, 0.15) is 27.7 Å². The summed E-state index contributed by atoms with van der Waals surface area (Å²) in [6.45, 7) is 4.59. The molecule has 1 atom stereocenters. The number of nitriles is 1. The second kappa shape index (κ2) is 6.67. The average molecular weight is 309 g/mol. The number of furan rings is 1. The molecule has 3 rings (SSSR count). The lowest BCUT2D eigenvalue weighted by Gasteiger charge is -2.36. The van der Waals surface area contributed by atoms with Gasteiger partial charge < -0.3 is 9.32 Å². The lowest BCUT2D eigenvalue weighted by molar-refractivity contribution is 0.0576. The number of piperazine rings is 1. The Morgan fingerprint density at radius 3 is 2.43 bits per heavy atom. The molecular weight excluding hydrogens is 290 g/mol. The number of hydrogen-bond acceptors (Lipinski definition) is 4. The number of aryl methyl sites for hydroxylation is 1. The van der Waals surface area contributed by atoms with Gasteiger partial charge in [-0.25, -0.2) is 0 Å². The normalized spacial score (nSPS) is 16.8. The van der Waals surface area contributed by atoms with Gasteiger partial charge in [0.2, 0.25) is 0 Å². The van der Waals surface area contributed by atoms with Gasteiger partial charge in [0.1, 0.15) is 6.04 Å². The van der Waals surface area contributed by atoms with Crippen molar-refractivity contribution in [2.45, 2.75) is 13.0 Å². The molecule has 5 heteroatoms. The second-order valence-electron chi connectivity index (χ2n) is 5.75. The number of amides is 1. The summed E-state index contributed by atoms with van der Waals surface area (Å²) >= 11 is 0. The standard InChI is InChI=1S/C18H19N3O2/c1-14-4-6-15(7-5-14)16(13-19)20-8-10-21(11-9-20)18(22)17-3-2-12-23-17/h2-7,12,16H,8-11H2,1H3. The Bertz CT molecular complexity index is 693. The Balaban J connectivity index is 1.64. The summed E-state index contributed by atoms with van der Waals surface area (Å²) in [6, 6.07) is 13.6. The maximum absolute atomic E-state index is 12.3. The number of benzene rings is 1. The van der Waals surface area contributed by atoms with Crippen LogP contribution in [0.25, 0.3) is 0 Å². The third-order valence-electron chi connectivity index (χ3n) is 4.21. The van der Waals surface area contributed by atoms with Crippen LogP contribution in [0.2, 0.25) is 0 Å². The predicted molar refractivity (Wildman–Crippen MR) is 85.7 cm³/mol. The van der Waals surface area contributed by atoms with Crippen molar-refractivity contribution < 1.29 is 9.21 Å². The summed E-state index contributed by atoms with van der Waals surface area (Å²) in [6.07, 6.45) is 1.51. The Kier molecular flexibility index (Phi) is 4.45. The van der Waals surface area contributed by atoms with E-state index in [2.05, 4.69) is 11.0 Å². The van der Waals surface area contributed by atoms with Crippen molar-refractivity contribution in [1.29, 1.82) is 5.26 Å². The third-order valence-corrected chi connectivity index (χ3v) is 4.21. The van der Waals surface area contributed by atoms with E-state index in [0.29, 0.717) is 31.9 Å². The maximum Gasteiger partial charge on any atom is 0.289 e. The summed E-state index contributed by atoms with van der Waals surface area (Å²) in [5, 5.41) is 9.54. The average Bonchev–Trinajstić information content (AvgIpc) is 3.12. The first-order valence-electron chi connectivity index (χ1n) is 7.72. The zero-order chi connectivity index (χ0) is 16.2. The van der Waals surface area contributed by atoms with Crippen molar-refractivity contribution in [3.8, 4) is 6.07 Å². The quantitative estimate of drug-likeness (QED) is 0.874. The highest BCUT2D eigenvalue weighted by molar-refractivity contribution is 5.91. The van der Waals surface area contributed by atoms with Gasteiger partial charge in [0.25, 0.3) is 5.91 Å². The molecule has 1 fully saturated rings. The Labute approximate surface area is 135 Å². The minimum Gasteiger partial charge on any atom is -0.459 e. The van der Waals surface area contributed by atoms with E-state index in [1.165, 1.54) is 11.8 Å². The molecule has 23 heavy (non-hydrogen) atoms. The van der Waals surface area contributed by atoms with Crippen molar-refractivity contribution in [2.24, 2.45) is 0 Å². The molecule has 1 unspecified atom stereocenters. The van der Waals surface area contributed by atoms with Gasteiger partial charge in [0.15, 0.2) is 5.76 Å². The zero-order valence-electron chi connectivity index (χ0n) is 13.1. The topological polar surface area (TPSA) is 60.5 Å². The Hall–Kier alpha value is -2.58. The largest absolute Gasteiger partial charge is 0.459 e. The van der Waals surface area contributed by atoms with Crippen LogP contribution in [0.15, 0.2) is 47.1 Å². The molecule has 1 aliphatic heterocycles. The first-order chi connectivity index (χ1) is 11.2.